The summed E-state index contributed by atoms with van der Waals surface area (Å²) in [5.41, 5.74) is 2.59. The predicted molar refractivity (Wildman–Crippen MR) is 149 cm³/mol. The quantitative estimate of drug-likeness (QED) is 0.383. The zero-order valence-corrected chi connectivity index (χ0v) is 23.0. The molecule has 6 rings (SSSR count). The predicted octanol–water partition coefficient (Wildman–Crippen LogP) is 3.50. The summed E-state index contributed by atoms with van der Waals surface area (Å²) in [5, 5.41) is 4.94. The number of likely N-dealkylation sites (tertiary alicyclic amines) is 1. The number of benzene rings is 2. The number of nitrogens with zero attached hydrogens (tertiary/aromatic N) is 4. The molecule has 2 aliphatic rings. The van der Waals surface area contributed by atoms with Crippen LogP contribution in [-0.4, -0.2) is 75.7 Å². The lowest BCUT2D eigenvalue weighted by atomic mass is 10.0. The van der Waals surface area contributed by atoms with Gasteiger partial charge in [-0.15, -0.1) is 11.3 Å². The van der Waals surface area contributed by atoms with Crippen LogP contribution in [-0.2, 0) is 16.1 Å². The lowest BCUT2D eigenvalue weighted by molar-refractivity contribution is -0.124. The van der Waals surface area contributed by atoms with E-state index in [1.165, 1.54) is 16.2 Å². The molecule has 206 valence electrons. The van der Waals surface area contributed by atoms with Crippen LogP contribution in [0.2, 0.25) is 0 Å². The van der Waals surface area contributed by atoms with E-state index in [0.29, 0.717) is 42.3 Å². The van der Waals surface area contributed by atoms with E-state index in [1.807, 2.05) is 53.2 Å². The number of hydrogen-bond acceptors (Lipinski definition) is 7. The summed E-state index contributed by atoms with van der Waals surface area (Å²) < 4.78 is 14.3. The van der Waals surface area contributed by atoms with Gasteiger partial charge in [0.2, 0.25) is 5.91 Å². The summed E-state index contributed by atoms with van der Waals surface area (Å²) in [5.74, 6) is 0.392. The van der Waals surface area contributed by atoms with Gasteiger partial charge in [-0.3, -0.25) is 18.8 Å². The van der Waals surface area contributed by atoms with Gasteiger partial charge in [0.15, 0.2) is 4.96 Å². The summed E-state index contributed by atoms with van der Waals surface area (Å²) in [6, 6.07) is 12.4. The molecule has 0 saturated carbocycles. The minimum atomic E-state index is -0.462. The van der Waals surface area contributed by atoms with Crippen molar-refractivity contribution in [2.24, 2.45) is 0 Å². The van der Waals surface area contributed by atoms with Crippen LogP contribution in [0.25, 0.3) is 4.96 Å². The van der Waals surface area contributed by atoms with Crippen LogP contribution in [0.4, 0.5) is 0 Å². The molecule has 1 fully saturated rings. The normalized spacial score (nSPS) is 20.1. The average molecular weight is 560 g/mol. The number of hydrogen-bond donors (Lipinski definition) is 1. The zero-order chi connectivity index (χ0) is 27.8. The van der Waals surface area contributed by atoms with Crippen LogP contribution in [0, 0.1) is 6.92 Å². The molecule has 1 saturated heterocycles. The Morgan fingerprint density at radius 1 is 1.18 bits per heavy atom. The number of carbonyl (C=O) groups is 3. The van der Waals surface area contributed by atoms with Gasteiger partial charge in [-0.1, -0.05) is 18.2 Å². The van der Waals surface area contributed by atoms with Crippen molar-refractivity contribution in [1.82, 2.24) is 24.5 Å². The van der Waals surface area contributed by atoms with Gasteiger partial charge in [0, 0.05) is 43.5 Å². The smallest absolute Gasteiger partial charge is 0.274 e. The first kappa shape index (κ1) is 26.0. The number of piperidine rings is 1. The molecule has 10 nitrogen and oxygen atoms in total. The highest BCUT2D eigenvalue weighted by atomic mass is 32.1. The molecule has 2 atom stereocenters. The average Bonchev–Trinajstić information content (AvgIpc) is 3.55. The van der Waals surface area contributed by atoms with Crippen LogP contribution in [0.15, 0.2) is 60.2 Å². The molecule has 2 aromatic carbocycles. The van der Waals surface area contributed by atoms with Crippen LogP contribution in [0.3, 0.4) is 0 Å². The Hall–Kier alpha value is -4.22. The number of carbonyl (C=O) groups excluding carboxylic acids is 3. The van der Waals surface area contributed by atoms with E-state index >= 15 is 0 Å². The van der Waals surface area contributed by atoms with Crippen molar-refractivity contribution in [3.63, 3.8) is 0 Å². The van der Waals surface area contributed by atoms with Gasteiger partial charge in [-0.2, -0.15) is 0 Å². The molecular weight excluding hydrogens is 530 g/mol. The fraction of sp³-hybridized carbons (Fsp3) is 0.310. The van der Waals surface area contributed by atoms with Gasteiger partial charge in [0.05, 0.1) is 25.3 Å². The summed E-state index contributed by atoms with van der Waals surface area (Å²) in [6.07, 6.45) is 3.79. The number of likely N-dealkylation sites (N-methyl/N-ethyl adjacent to an activating group) is 1. The molecule has 4 bridgehead atoms. The van der Waals surface area contributed by atoms with Gasteiger partial charge < -0.3 is 24.6 Å². The maximum atomic E-state index is 13.3. The van der Waals surface area contributed by atoms with Crippen LogP contribution >= 0.6 is 11.3 Å². The highest BCUT2D eigenvalue weighted by molar-refractivity contribution is 7.15. The van der Waals surface area contributed by atoms with E-state index in [0.717, 1.165) is 16.1 Å². The van der Waals surface area contributed by atoms with Crippen molar-refractivity contribution in [3.8, 4) is 11.5 Å². The van der Waals surface area contributed by atoms with E-state index < -0.39 is 6.04 Å². The van der Waals surface area contributed by atoms with Gasteiger partial charge >= 0.3 is 0 Å². The second-order valence-electron chi connectivity index (χ2n) is 10.2. The number of thiazole rings is 1. The monoisotopic (exact) mass is 559 g/mol. The Labute approximate surface area is 235 Å². The molecule has 0 unspecified atom stereocenters. The molecule has 3 amide bonds. The number of nitrogens with one attached hydrogen (secondary N) is 1. The second-order valence-corrected chi connectivity index (χ2v) is 11.0. The largest absolute Gasteiger partial charge is 0.457 e. The minimum absolute atomic E-state index is 0.142. The van der Waals surface area contributed by atoms with E-state index in [9.17, 15) is 14.4 Å². The first-order valence-electron chi connectivity index (χ1n) is 13.1. The van der Waals surface area contributed by atoms with Crippen molar-refractivity contribution < 1.29 is 23.9 Å². The second kappa shape index (κ2) is 10.7. The topological polar surface area (TPSA) is 105 Å². The van der Waals surface area contributed by atoms with Crippen molar-refractivity contribution in [3.05, 3.63) is 82.6 Å². The van der Waals surface area contributed by atoms with Crippen LogP contribution in [0.5, 0.6) is 11.5 Å². The fourth-order valence-electron chi connectivity index (χ4n) is 5.08. The lowest BCUT2D eigenvalue weighted by Gasteiger charge is -2.38. The number of amides is 3. The molecule has 2 aliphatic heterocycles. The summed E-state index contributed by atoms with van der Waals surface area (Å²) in [7, 11) is 1.59. The van der Waals surface area contributed by atoms with E-state index in [2.05, 4.69) is 10.3 Å². The number of aryl methyl sites for hydroxylation is 1. The molecule has 2 aromatic heterocycles. The van der Waals surface area contributed by atoms with Crippen molar-refractivity contribution in [2.45, 2.75) is 32.1 Å². The first-order chi connectivity index (χ1) is 19.3. The molecule has 11 heteroatoms. The maximum Gasteiger partial charge on any atom is 0.274 e. The zero-order valence-electron chi connectivity index (χ0n) is 22.2. The molecule has 0 aliphatic carbocycles. The molecule has 40 heavy (non-hydrogen) atoms. The minimum Gasteiger partial charge on any atom is -0.457 e. The molecule has 1 N–H and O–H groups in total. The lowest BCUT2D eigenvalue weighted by Crippen LogP contribution is -2.58. The maximum absolute atomic E-state index is 13.3. The van der Waals surface area contributed by atoms with Gasteiger partial charge in [-0.25, -0.2) is 4.98 Å². The Balaban J connectivity index is 1.26. The molecule has 4 aromatic rings. The third kappa shape index (κ3) is 5.30. The Bertz CT molecular complexity index is 1570. The first-order valence-corrected chi connectivity index (χ1v) is 14.0. The molecule has 4 heterocycles. The van der Waals surface area contributed by atoms with Crippen molar-refractivity contribution in [1.29, 1.82) is 0 Å². The number of rotatable bonds is 1. The Kier molecular flexibility index (Phi) is 6.99. The van der Waals surface area contributed by atoms with Crippen molar-refractivity contribution in [2.75, 3.05) is 26.7 Å². The number of fused-ring (bicyclic) bond motifs is 6. The van der Waals surface area contributed by atoms with Crippen LogP contribution in [0.1, 0.15) is 38.4 Å². The Morgan fingerprint density at radius 3 is 2.90 bits per heavy atom. The molecule has 0 spiro atoms. The van der Waals surface area contributed by atoms with Gasteiger partial charge in [-0.05, 0) is 48.7 Å². The standard InChI is InChI=1S/C29H29N5O5S/c1-18-6-7-20-13-25(18)39-21-5-3-4-19(12-21)17-38-24-8-9-33(14-22(24)30-26(35)16-32(2)27(20)36)28(37)23-15-34-10-11-40-29(34)31-23/h3-7,10-13,15,22,24H,8-9,14,16-17H2,1-2H3,(H,30,35)/t22-,24+/m0/s1. The van der Waals surface area contributed by atoms with E-state index in [4.69, 9.17) is 9.47 Å². The van der Waals surface area contributed by atoms with Gasteiger partial charge in [0.1, 0.15) is 17.2 Å². The summed E-state index contributed by atoms with van der Waals surface area (Å²) in [6.45, 7) is 2.82. The van der Waals surface area contributed by atoms with Crippen molar-refractivity contribution >= 4 is 34.0 Å². The third-order valence-corrected chi connectivity index (χ3v) is 8.02. The fourth-order valence-corrected chi connectivity index (χ4v) is 5.78. The highest BCUT2D eigenvalue weighted by Crippen LogP contribution is 2.28. The number of ether oxygens (including phenoxy) is 2. The number of aromatic nitrogens is 2. The third-order valence-electron chi connectivity index (χ3n) is 7.25. The molecular formula is C29H29N5O5S. The number of imidazole rings is 1. The van der Waals surface area contributed by atoms with Gasteiger partial charge in [0.25, 0.3) is 11.8 Å². The van der Waals surface area contributed by atoms with E-state index in [-0.39, 0.29) is 36.9 Å². The Morgan fingerprint density at radius 2 is 2.05 bits per heavy atom. The summed E-state index contributed by atoms with van der Waals surface area (Å²) >= 11 is 1.46. The van der Waals surface area contributed by atoms with Crippen LogP contribution < -0.4 is 10.1 Å². The molecule has 0 radical (unpaired) electrons. The van der Waals surface area contributed by atoms with E-state index in [1.54, 1.807) is 30.3 Å². The summed E-state index contributed by atoms with van der Waals surface area (Å²) in [4.78, 5) is 47.9. The highest BCUT2D eigenvalue weighted by Gasteiger charge is 2.35. The SMILES string of the molecule is Cc1ccc2cc1Oc1cccc(c1)CO[C@@H]1CCN(C(=O)c3cn4ccsc4n3)C[C@@H]1NC(=O)CN(C)C2=O.